The summed E-state index contributed by atoms with van der Waals surface area (Å²) in [6, 6.07) is 13.3. The number of anilines is 1. The minimum Gasteiger partial charge on any atom is -0.378 e. The van der Waals surface area contributed by atoms with Gasteiger partial charge < -0.3 is 4.90 Å². The molecule has 1 aromatic carbocycles. The summed E-state index contributed by atoms with van der Waals surface area (Å²) < 4.78 is 0. The van der Waals surface area contributed by atoms with Crippen molar-refractivity contribution in [2.75, 3.05) is 19.0 Å². The summed E-state index contributed by atoms with van der Waals surface area (Å²) in [5, 5.41) is 1.63. The van der Waals surface area contributed by atoms with E-state index in [0.717, 1.165) is 0 Å². The summed E-state index contributed by atoms with van der Waals surface area (Å²) >= 11 is 0. The van der Waals surface area contributed by atoms with Crippen LogP contribution in [-0.4, -0.2) is 22.2 Å². The van der Waals surface area contributed by atoms with Crippen molar-refractivity contribution in [1.29, 1.82) is 0 Å². The molecule has 0 aliphatic rings. The third-order valence-electron chi connectivity index (χ3n) is 4.03. The van der Waals surface area contributed by atoms with Crippen LogP contribution in [0, 0.1) is 0 Å². The highest BCUT2D eigenvalue weighted by Gasteiger charge is 2.28. The molecular formula is C14H25NSi. The Kier molecular flexibility index (Phi) is 4.60. The molecule has 0 radical (unpaired) electrons. The highest BCUT2D eigenvalue weighted by molar-refractivity contribution is 6.91. The molecule has 90 valence electrons. The lowest BCUT2D eigenvalue weighted by Crippen LogP contribution is -2.45. The first-order chi connectivity index (χ1) is 7.59. The number of hydrogen-bond donors (Lipinski definition) is 0. The van der Waals surface area contributed by atoms with Crippen molar-refractivity contribution in [3.05, 3.63) is 24.3 Å². The standard InChI is InChI=1S/C14H25NSi/c1-6-16(7-2,8-3)14-11-9-13(10-12-14)15(4)5/h9-12H,6-8H2,1-5H3. The molecule has 0 saturated carbocycles. The van der Waals surface area contributed by atoms with Gasteiger partial charge >= 0.3 is 0 Å². The molecule has 0 amide bonds. The van der Waals surface area contributed by atoms with Gasteiger partial charge in [0.2, 0.25) is 0 Å². The van der Waals surface area contributed by atoms with Crippen molar-refractivity contribution in [2.24, 2.45) is 0 Å². The Labute approximate surface area is 101 Å². The van der Waals surface area contributed by atoms with Gasteiger partial charge in [0, 0.05) is 19.8 Å². The topological polar surface area (TPSA) is 3.24 Å². The van der Waals surface area contributed by atoms with Gasteiger partial charge in [0.05, 0.1) is 8.07 Å². The summed E-state index contributed by atoms with van der Waals surface area (Å²) in [5.74, 6) is 0. The van der Waals surface area contributed by atoms with Gasteiger partial charge in [0.25, 0.3) is 0 Å². The second-order valence-corrected chi connectivity index (χ2v) is 10.0. The van der Waals surface area contributed by atoms with E-state index in [1.54, 1.807) is 5.19 Å². The molecule has 0 N–H and O–H groups in total. The van der Waals surface area contributed by atoms with Crippen molar-refractivity contribution in [1.82, 2.24) is 0 Å². The van der Waals surface area contributed by atoms with Crippen molar-refractivity contribution in [2.45, 2.75) is 38.9 Å². The highest BCUT2D eigenvalue weighted by Crippen LogP contribution is 2.21. The Morgan fingerprint density at radius 1 is 0.875 bits per heavy atom. The van der Waals surface area contributed by atoms with E-state index in [2.05, 4.69) is 64.0 Å². The maximum atomic E-state index is 2.36. The number of benzene rings is 1. The number of hydrogen-bond acceptors (Lipinski definition) is 1. The Morgan fingerprint density at radius 3 is 1.62 bits per heavy atom. The van der Waals surface area contributed by atoms with Crippen LogP contribution in [0.4, 0.5) is 5.69 Å². The Morgan fingerprint density at radius 2 is 1.31 bits per heavy atom. The number of nitrogens with zero attached hydrogens (tertiary/aromatic N) is 1. The minimum atomic E-state index is -1.17. The van der Waals surface area contributed by atoms with E-state index in [1.807, 2.05) is 0 Å². The number of rotatable bonds is 5. The van der Waals surface area contributed by atoms with Crippen molar-refractivity contribution < 1.29 is 0 Å². The zero-order valence-corrected chi connectivity index (χ0v) is 12.4. The summed E-state index contributed by atoms with van der Waals surface area (Å²) in [4.78, 5) is 2.16. The van der Waals surface area contributed by atoms with Crippen LogP contribution in [0.25, 0.3) is 0 Å². The second kappa shape index (κ2) is 5.53. The molecule has 0 aliphatic heterocycles. The molecule has 2 heteroatoms. The van der Waals surface area contributed by atoms with E-state index in [4.69, 9.17) is 0 Å². The molecule has 1 rings (SSSR count). The maximum absolute atomic E-state index is 2.36. The fraction of sp³-hybridized carbons (Fsp3) is 0.571. The van der Waals surface area contributed by atoms with Gasteiger partial charge in [-0.1, -0.05) is 56.2 Å². The normalized spacial score (nSPS) is 11.6. The minimum absolute atomic E-state index is 1.17. The van der Waals surface area contributed by atoms with Gasteiger partial charge in [-0.2, -0.15) is 0 Å². The fourth-order valence-electron chi connectivity index (χ4n) is 2.48. The van der Waals surface area contributed by atoms with Crippen LogP contribution < -0.4 is 10.1 Å². The lowest BCUT2D eigenvalue weighted by Gasteiger charge is -2.29. The zero-order chi connectivity index (χ0) is 12.2. The smallest absolute Gasteiger partial charge is 0.0859 e. The van der Waals surface area contributed by atoms with E-state index < -0.39 is 8.07 Å². The average molecular weight is 235 g/mol. The van der Waals surface area contributed by atoms with Crippen LogP contribution in [0.3, 0.4) is 0 Å². The van der Waals surface area contributed by atoms with Gasteiger partial charge in [0.1, 0.15) is 0 Å². The van der Waals surface area contributed by atoms with Crippen molar-refractivity contribution >= 4 is 18.9 Å². The predicted octanol–water partition coefficient (Wildman–Crippen LogP) is 3.47. The lowest BCUT2D eigenvalue weighted by molar-refractivity contribution is 1.13. The van der Waals surface area contributed by atoms with E-state index in [-0.39, 0.29) is 0 Å². The monoisotopic (exact) mass is 235 g/mol. The fourth-order valence-corrected chi connectivity index (χ4v) is 6.07. The van der Waals surface area contributed by atoms with Gasteiger partial charge in [-0.25, -0.2) is 0 Å². The van der Waals surface area contributed by atoms with E-state index in [0.29, 0.717) is 0 Å². The van der Waals surface area contributed by atoms with Crippen LogP contribution in [0.5, 0.6) is 0 Å². The maximum Gasteiger partial charge on any atom is 0.0859 e. The zero-order valence-electron chi connectivity index (χ0n) is 11.4. The molecule has 0 atom stereocenters. The third kappa shape index (κ3) is 2.49. The molecule has 0 saturated heterocycles. The highest BCUT2D eigenvalue weighted by atomic mass is 28.3. The lowest BCUT2D eigenvalue weighted by atomic mass is 10.3. The largest absolute Gasteiger partial charge is 0.378 e. The average Bonchev–Trinajstić information content (AvgIpc) is 2.33. The van der Waals surface area contributed by atoms with Gasteiger partial charge in [-0.3, -0.25) is 0 Å². The quantitative estimate of drug-likeness (QED) is 0.706. The Hall–Kier alpha value is -0.763. The molecule has 0 unspecified atom stereocenters. The van der Waals surface area contributed by atoms with Gasteiger partial charge in [-0.15, -0.1) is 0 Å². The Balaban J connectivity index is 3.03. The van der Waals surface area contributed by atoms with Crippen molar-refractivity contribution in [3.8, 4) is 0 Å². The molecule has 1 nitrogen and oxygen atoms in total. The first kappa shape index (κ1) is 13.3. The first-order valence-electron chi connectivity index (χ1n) is 6.37. The summed E-state index contributed by atoms with van der Waals surface area (Å²) in [5.41, 5.74) is 1.30. The summed E-state index contributed by atoms with van der Waals surface area (Å²) in [6.07, 6.45) is 0. The predicted molar refractivity (Wildman–Crippen MR) is 77.6 cm³/mol. The van der Waals surface area contributed by atoms with Crippen LogP contribution in [0.1, 0.15) is 20.8 Å². The van der Waals surface area contributed by atoms with Crippen LogP contribution in [0.2, 0.25) is 18.1 Å². The molecule has 0 aromatic heterocycles. The van der Waals surface area contributed by atoms with E-state index >= 15 is 0 Å². The molecule has 0 bridgehead atoms. The molecule has 1 aromatic rings. The van der Waals surface area contributed by atoms with Gasteiger partial charge in [-0.05, 0) is 12.1 Å². The van der Waals surface area contributed by atoms with E-state index in [1.165, 1.54) is 23.8 Å². The van der Waals surface area contributed by atoms with Crippen LogP contribution >= 0.6 is 0 Å². The van der Waals surface area contributed by atoms with Crippen LogP contribution in [0.15, 0.2) is 24.3 Å². The molecule has 0 fully saturated rings. The van der Waals surface area contributed by atoms with Crippen molar-refractivity contribution in [3.63, 3.8) is 0 Å². The molecule has 0 spiro atoms. The molecule has 0 aliphatic carbocycles. The Bertz CT molecular complexity index is 304. The second-order valence-electron chi connectivity index (χ2n) is 4.78. The first-order valence-corrected chi connectivity index (χ1v) is 8.99. The molecule has 0 heterocycles. The van der Waals surface area contributed by atoms with Gasteiger partial charge in [0.15, 0.2) is 0 Å². The SMILES string of the molecule is CC[Si](CC)(CC)c1ccc(N(C)C)cc1. The molecule has 16 heavy (non-hydrogen) atoms. The van der Waals surface area contributed by atoms with Crippen LogP contribution in [-0.2, 0) is 0 Å². The molecular weight excluding hydrogens is 210 g/mol. The third-order valence-corrected chi connectivity index (χ3v) is 9.65. The summed E-state index contributed by atoms with van der Waals surface area (Å²) in [7, 11) is 3.02. The summed E-state index contributed by atoms with van der Waals surface area (Å²) in [6.45, 7) is 7.08. The van der Waals surface area contributed by atoms with E-state index in [9.17, 15) is 0 Å².